The molecule has 3 heterocycles. The van der Waals surface area contributed by atoms with Crippen molar-refractivity contribution in [2.45, 2.75) is 25.7 Å². The van der Waals surface area contributed by atoms with Crippen molar-refractivity contribution < 1.29 is 13.6 Å². The molecule has 0 aromatic carbocycles. The summed E-state index contributed by atoms with van der Waals surface area (Å²) in [6.45, 7) is 1.92. The Morgan fingerprint density at radius 1 is 1.19 bits per heavy atom. The van der Waals surface area contributed by atoms with E-state index in [-0.39, 0.29) is 0 Å². The number of fused-ring (bicyclic) bond motifs is 1. The number of amides is 1. The molecule has 1 aliphatic carbocycles. The van der Waals surface area contributed by atoms with Gasteiger partial charge in [0.25, 0.3) is 0 Å². The molecule has 8 heteroatoms. The summed E-state index contributed by atoms with van der Waals surface area (Å²) in [4.78, 5) is 24.9. The number of imidazole rings is 1. The van der Waals surface area contributed by atoms with Gasteiger partial charge in [0.2, 0.25) is 11.8 Å². The van der Waals surface area contributed by atoms with E-state index in [9.17, 15) is 13.6 Å². The molecule has 0 saturated heterocycles. The predicted molar refractivity (Wildman–Crippen MR) is 92.8 cm³/mol. The van der Waals surface area contributed by atoms with Crippen LogP contribution in [0.4, 0.5) is 14.6 Å². The number of pyridine rings is 2. The molecule has 4 rings (SSSR count). The van der Waals surface area contributed by atoms with Crippen LogP contribution in [0, 0.1) is 12.8 Å². The van der Waals surface area contributed by atoms with Gasteiger partial charge in [0.1, 0.15) is 11.6 Å². The van der Waals surface area contributed by atoms with Crippen molar-refractivity contribution in [3.63, 3.8) is 0 Å². The molecule has 1 amide bonds. The lowest BCUT2D eigenvalue weighted by atomic mass is 9.81. The Labute approximate surface area is 148 Å². The van der Waals surface area contributed by atoms with Crippen LogP contribution in [0.25, 0.3) is 22.2 Å². The van der Waals surface area contributed by atoms with Crippen LogP contribution in [-0.2, 0) is 11.8 Å². The zero-order valence-electron chi connectivity index (χ0n) is 14.3. The quantitative estimate of drug-likeness (QED) is 0.780. The standard InChI is InChI=1S/C18H17F2N5O/c1-10-21-9-15(25(10)2)12-3-11-4-16(23-8-14(11)22-7-12)24-17(26)13-5-18(19,20)6-13/h3-4,7-9,13H,5-6H2,1-2H3,(H,23,24,26). The maximum atomic E-state index is 12.9. The summed E-state index contributed by atoms with van der Waals surface area (Å²) < 4.78 is 27.8. The first-order valence-corrected chi connectivity index (χ1v) is 8.25. The van der Waals surface area contributed by atoms with Gasteiger partial charge in [-0.15, -0.1) is 0 Å². The normalized spacial score (nSPS) is 16.5. The maximum Gasteiger partial charge on any atom is 0.249 e. The Morgan fingerprint density at radius 2 is 1.96 bits per heavy atom. The molecule has 0 aliphatic heterocycles. The Balaban J connectivity index is 1.60. The number of aromatic nitrogens is 4. The number of rotatable bonds is 3. The summed E-state index contributed by atoms with van der Waals surface area (Å²) in [5.41, 5.74) is 2.50. The van der Waals surface area contributed by atoms with Gasteiger partial charge < -0.3 is 9.88 Å². The van der Waals surface area contributed by atoms with Gasteiger partial charge >= 0.3 is 0 Å². The lowest BCUT2D eigenvalue weighted by Gasteiger charge is -2.33. The number of nitrogens with one attached hydrogen (secondary N) is 1. The van der Waals surface area contributed by atoms with Crippen LogP contribution < -0.4 is 5.32 Å². The molecule has 1 fully saturated rings. The van der Waals surface area contributed by atoms with Gasteiger partial charge in [0.05, 0.1) is 23.6 Å². The zero-order chi connectivity index (χ0) is 18.5. The summed E-state index contributed by atoms with van der Waals surface area (Å²) in [5, 5.41) is 3.42. The van der Waals surface area contributed by atoms with E-state index in [0.717, 1.165) is 22.5 Å². The average molecular weight is 357 g/mol. The van der Waals surface area contributed by atoms with Crippen LogP contribution >= 0.6 is 0 Å². The number of nitrogens with zero attached hydrogens (tertiary/aromatic N) is 4. The van der Waals surface area contributed by atoms with Crippen molar-refractivity contribution in [1.29, 1.82) is 0 Å². The van der Waals surface area contributed by atoms with E-state index >= 15 is 0 Å². The van der Waals surface area contributed by atoms with E-state index in [1.165, 1.54) is 0 Å². The number of hydrogen-bond donors (Lipinski definition) is 1. The van der Waals surface area contributed by atoms with Crippen LogP contribution in [0.3, 0.4) is 0 Å². The number of aryl methyl sites for hydroxylation is 1. The number of alkyl halides is 2. The van der Waals surface area contributed by atoms with Crippen molar-refractivity contribution >= 4 is 22.6 Å². The second-order valence-corrected chi connectivity index (χ2v) is 6.69. The van der Waals surface area contributed by atoms with Crippen molar-refractivity contribution in [1.82, 2.24) is 19.5 Å². The molecule has 1 N–H and O–H groups in total. The molecule has 6 nitrogen and oxygen atoms in total. The number of hydrogen-bond acceptors (Lipinski definition) is 4. The first-order chi connectivity index (χ1) is 12.3. The highest BCUT2D eigenvalue weighted by Gasteiger charge is 2.48. The first kappa shape index (κ1) is 16.6. The number of carbonyl (C=O) groups excluding carboxylic acids is 1. The van der Waals surface area contributed by atoms with Gasteiger partial charge in [-0.3, -0.25) is 9.78 Å². The minimum Gasteiger partial charge on any atom is -0.331 e. The van der Waals surface area contributed by atoms with E-state index in [4.69, 9.17) is 0 Å². The molecule has 0 radical (unpaired) electrons. The van der Waals surface area contributed by atoms with E-state index < -0.39 is 30.6 Å². The van der Waals surface area contributed by atoms with Gasteiger partial charge in [-0.25, -0.2) is 18.7 Å². The predicted octanol–water partition coefficient (Wildman–Crippen LogP) is 3.32. The molecular formula is C18H17F2N5O. The molecule has 0 bridgehead atoms. The smallest absolute Gasteiger partial charge is 0.249 e. The Morgan fingerprint density at radius 3 is 2.62 bits per heavy atom. The topological polar surface area (TPSA) is 72.7 Å². The Kier molecular flexibility index (Phi) is 3.71. The van der Waals surface area contributed by atoms with Crippen molar-refractivity contribution in [3.8, 4) is 11.3 Å². The third kappa shape index (κ3) is 2.91. The second-order valence-electron chi connectivity index (χ2n) is 6.69. The fourth-order valence-electron chi connectivity index (χ4n) is 3.08. The molecule has 3 aromatic rings. The fraction of sp³-hybridized carbons (Fsp3) is 0.333. The molecule has 0 atom stereocenters. The summed E-state index contributed by atoms with van der Waals surface area (Å²) >= 11 is 0. The summed E-state index contributed by atoms with van der Waals surface area (Å²) in [5.74, 6) is -2.59. The second kappa shape index (κ2) is 5.82. The SMILES string of the molecule is Cc1ncc(-c2cnc3cnc(NC(=O)C4CC(F)(F)C4)cc3c2)n1C. The van der Waals surface area contributed by atoms with Gasteiger partial charge in [-0.1, -0.05) is 0 Å². The molecule has 1 aliphatic rings. The third-order valence-corrected chi connectivity index (χ3v) is 4.80. The molecule has 1 saturated carbocycles. The Hall–Kier alpha value is -2.90. The summed E-state index contributed by atoms with van der Waals surface area (Å²) in [6.07, 6.45) is 4.27. The highest BCUT2D eigenvalue weighted by atomic mass is 19.3. The van der Waals surface area contributed by atoms with Crippen molar-refractivity contribution in [2.75, 3.05) is 5.32 Å². The number of anilines is 1. The van der Waals surface area contributed by atoms with E-state index in [1.54, 1.807) is 24.7 Å². The molecule has 26 heavy (non-hydrogen) atoms. The highest BCUT2D eigenvalue weighted by Crippen LogP contribution is 2.42. The minimum absolute atomic E-state index is 0.331. The third-order valence-electron chi connectivity index (χ3n) is 4.80. The largest absolute Gasteiger partial charge is 0.331 e. The Bertz CT molecular complexity index is 1010. The highest BCUT2D eigenvalue weighted by molar-refractivity contribution is 5.94. The van der Waals surface area contributed by atoms with Crippen LogP contribution in [-0.4, -0.2) is 31.3 Å². The molecule has 134 valence electrons. The minimum atomic E-state index is -2.72. The van der Waals surface area contributed by atoms with Crippen LogP contribution in [0.5, 0.6) is 0 Å². The van der Waals surface area contributed by atoms with Crippen LogP contribution in [0.1, 0.15) is 18.7 Å². The van der Waals surface area contributed by atoms with Gasteiger partial charge in [-0.2, -0.15) is 0 Å². The van der Waals surface area contributed by atoms with Gasteiger partial charge in [0.15, 0.2) is 0 Å². The van der Waals surface area contributed by atoms with Crippen molar-refractivity contribution in [3.05, 3.63) is 36.5 Å². The lowest BCUT2D eigenvalue weighted by Crippen LogP contribution is -2.42. The van der Waals surface area contributed by atoms with Crippen LogP contribution in [0.2, 0.25) is 0 Å². The molecule has 3 aromatic heterocycles. The first-order valence-electron chi connectivity index (χ1n) is 8.25. The van der Waals surface area contributed by atoms with Crippen molar-refractivity contribution in [2.24, 2.45) is 13.0 Å². The fourth-order valence-corrected chi connectivity index (χ4v) is 3.08. The van der Waals surface area contributed by atoms with Gasteiger partial charge in [-0.05, 0) is 19.1 Å². The zero-order valence-corrected chi connectivity index (χ0v) is 14.3. The van der Waals surface area contributed by atoms with Gasteiger partial charge in [0, 0.05) is 43.0 Å². The molecule has 0 unspecified atom stereocenters. The monoisotopic (exact) mass is 357 g/mol. The molecular weight excluding hydrogens is 340 g/mol. The van der Waals surface area contributed by atoms with Crippen LogP contribution in [0.15, 0.2) is 30.7 Å². The maximum absolute atomic E-state index is 12.9. The van der Waals surface area contributed by atoms with E-state index in [1.807, 2.05) is 24.6 Å². The van der Waals surface area contributed by atoms with E-state index in [0.29, 0.717) is 11.3 Å². The average Bonchev–Trinajstić information content (AvgIpc) is 2.91. The lowest BCUT2D eigenvalue weighted by molar-refractivity contribution is -0.145. The van der Waals surface area contributed by atoms with E-state index in [2.05, 4.69) is 20.3 Å². The summed E-state index contributed by atoms with van der Waals surface area (Å²) in [6, 6.07) is 3.64. The molecule has 0 spiro atoms. The number of halogens is 2. The summed E-state index contributed by atoms with van der Waals surface area (Å²) in [7, 11) is 1.93. The number of carbonyl (C=O) groups is 1.